The van der Waals surface area contributed by atoms with Gasteiger partial charge in [-0.3, -0.25) is 9.69 Å². The molecule has 0 fully saturated rings. The van der Waals surface area contributed by atoms with Crippen molar-refractivity contribution in [1.82, 2.24) is 0 Å². The van der Waals surface area contributed by atoms with Crippen LogP contribution in [0.5, 0.6) is 0 Å². The van der Waals surface area contributed by atoms with Gasteiger partial charge in [0.1, 0.15) is 11.4 Å². The Morgan fingerprint density at radius 3 is 2.72 bits per heavy atom. The highest BCUT2D eigenvalue weighted by atomic mass is 19.1. The average molecular weight is 252 g/mol. The van der Waals surface area contributed by atoms with E-state index in [1.54, 1.807) is 13.8 Å². The van der Waals surface area contributed by atoms with Gasteiger partial charge in [0.2, 0.25) is 5.91 Å². The Bertz CT molecular complexity index is 528. The van der Waals surface area contributed by atoms with Crippen LogP contribution >= 0.6 is 0 Å². The molecule has 1 aromatic carbocycles. The van der Waals surface area contributed by atoms with Crippen molar-refractivity contribution in [2.45, 2.75) is 19.4 Å². The number of fused-ring (bicyclic) bond motifs is 1. The third-order valence-electron chi connectivity index (χ3n) is 2.92. The van der Waals surface area contributed by atoms with Crippen LogP contribution in [-0.2, 0) is 9.53 Å². The van der Waals surface area contributed by atoms with E-state index in [4.69, 9.17) is 0 Å². The monoisotopic (exact) mass is 252 g/mol. The normalized spacial score (nSPS) is 16.9. The SMILES string of the molecule is COC(=O)N1c2cc(F)ccc2NC(=O)C1(C)C. The first kappa shape index (κ1) is 12.3. The topological polar surface area (TPSA) is 58.6 Å². The second kappa shape index (κ2) is 3.97. The van der Waals surface area contributed by atoms with Gasteiger partial charge in [0, 0.05) is 0 Å². The molecule has 0 aliphatic carbocycles. The zero-order valence-corrected chi connectivity index (χ0v) is 10.3. The molecule has 0 radical (unpaired) electrons. The van der Waals surface area contributed by atoms with E-state index in [1.807, 2.05) is 0 Å². The Labute approximate surface area is 104 Å². The van der Waals surface area contributed by atoms with Crippen molar-refractivity contribution in [3.05, 3.63) is 24.0 Å². The van der Waals surface area contributed by atoms with Crippen molar-refractivity contribution >= 4 is 23.4 Å². The van der Waals surface area contributed by atoms with Gasteiger partial charge in [-0.15, -0.1) is 0 Å². The summed E-state index contributed by atoms with van der Waals surface area (Å²) in [6, 6.07) is 3.81. The lowest BCUT2D eigenvalue weighted by atomic mass is 9.97. The number of methoxy groups -OCH3 is 1. The van der Waals surface area contributed by atoms with Gasteiger partial charge < -0.3 is 10.1 Å². The molecule has 18 heavy (non-hydrogen) atoms. The summed E-state index contributed by atoms with van der Waals surface area (Å²) < 4.78 is 17.9. The Balaban J connectivity index is 2.63. The lowest BCUT2D eigenvalue weighted by Gasteiger charge is -2.40. The standard InChI is InChI=1S/C12H13FN2O3/c1-12(2)10(16)14-8-5-4-7(13)6-9(8)15(12)11(17)18-3/h4-6H,1-3H3,(H,14,16). The molecule has 1 N–H and O–H groups in total. The molecule has 0 bridgehead atoms. The van der Waals surface area contributed by atoms with Crippen LogP contribution in [0.2, 0.25) is 0 Å². The van der Waals surface area contributed by atoms with E-state index < -0.39 is 17.4 Å². The molecule has 0 atom stereocenters. The summed E-state index contributed by atoms with van der Waals surface area (Å²) in [7, 11) is 1.21. The highest BCUT2D eigenvalue weighted by Gasteiger charge is 2.44. The van der Waals surface area contributed by atoms with Crippen LogP contribution in [0.15, 0.2) is 18.2 Å². The van der Waals surface area contributed by atoms with Gasteiger partial charge in [0.05, 0.1) is 18.5 Å². The van der Waals surface area contributed by atoms with E-state index >= 15 is 0 Å². The molecule has 1 aliphatic rings. The number of nitrogens with zero attached hydrogens (tertiary/aromatic N) is 1. The highest BCUT2D eigenvalue weighted by molar-refractivity contribution is 6.12. The van der Waals surface area contributed by atoms with E-state index in [-0.39, 0.29) is 11.6 Å². The van der Waals surface area contributed by atoms with Crippen LogP contribution in [0.25, 0.3) is 0 Å². The number of hydrogen-bond acceptors (Lipinski definition) is 3. The second-order valence-corrected chi connectivity index (χ2v) is 4.48. The van der Waals surface area contributed by atoms with E-state index in [0.29, 0.717) is 5.69 Å². The summed E-state index contributed by atoms with van der Waals surface area (Å²) >= 11 is 0. The minimum atomic E-state index is -1.14. The molecule has 0 saturated heterocycles. The minimum absolute atomic E-state index is 0.284. The predicted molar refractivity (Wildman–Crippen MR) is 64.0 cm³/mol. The molecular weight excluding hydrogens is 239 g/mol. The minimum Gasteiger partial charge on any atom is -0.452 e. The number of carbonyl (C=O) groups is 2. The van der Waals surface area contributed by atoms with Crippen LogP contribution in [-0.4, -0.2) is 24.6 Å². The number of hydrogen-bond donors (Lipinski definition) is 1. The Hall–Kier alpha value is -2.11. The Morgan fingerprint density at radius 2 is 2.11 bits per heavy atom. The first-order chi connectivity index (χ1) is 8.37. The Morgan fingerprint density at radius 1 is 1.44 bits per heavy atom. The number of nitrogens with one attached hydrogen (secondary N) is 1. The summed E-state index contributed by atoms with van der Waals surface area (Å²) in [5.74, 6) is -0.846. The maximum absolute atomic E-state index is 13.3. The number of rotatable bonds is 0. The van der Waals surface area contributed by atoms with Crippen molar-refractivity contribution in [3.63, 3.8) is 0 Å². The number of halogens is 1. The third-order valence-corrected chi connectivity index (χ3v) is 2.92. The van der Waals surface area contributed by atoms with Gasteiger partial charge >= 0.3 is 6.09 Å². The first-order valence-corrected chi connectivity index (χ1v) is 5.37. The van der Waals surface area contributed by atoms with E-state index in [2.05, 4.69) is 10.1 Å². The fourth-order valence-corrected chi connectivity index (χ4v) is 1.89. The second-order valence-electron chi connectivity index (χ2n) is 4.48. The first-order valence-electron chi connectivity index (χ1n) is 5.37. The summed E-state index contributed by atoms with van der Waals surface area (Å²) in [5, 5.41) is 2.63. The number of ether oxygens (including phenoxy) is 1. The summed E-state index contributed by atoms with van der Waals surface area (Å²) in [6.45, 7) is 3.13. The predicted octanol–water partition coefficient (Wildman–Crippen LogP) is 2.13. The fourth-order valence-electron chi connectivity index (χ4n) is 1.89. The molecule has 96 valence electrons. The van der Waals surface area contributed by atoms with Gasteiger partial charge in [-0.05, 0) is 32.0 Å². The number of amides is 2. The maximum Gasteiger partial charge on any atom is 0.415 e. The van der Waals surface area contributed by atoms with Gasteiger partial charge in [-0.25, -0.2) is 9.18 Å². The highest BCUT2D eigenvalue weighted by Crippen LogP contribution is 2.37. The van der Waals surface area contributed by atoms with Gasteiger partial charge in [-0.1, -0.05) is 0 Å². The third kappa shape index (κ3) is 1.70. The molecule has 1 heterocycles. The molecule has 0 spiro atoms. The molecule has 6 heteroatoms. The lowest BCUT2D eigenvalue weighted by molar-refractivity contribution is -0.120. The molecular formula is C12H13FN2O3. The zero-order chi connectivity index (χ0) is 13.5. The molecule has 1 aliphatic heterocycles. The number of benzene rings is 1. The van der Waals surface area contributed by atoms with Crippen LogP contribution in [0.3, 0.4) is 0 Å². The van der Waals surface area contributed by atoms with Crippen LogP contribution in [0, 0.1) is 5.82 Å². The largest absolute Gasteiger partial charge is 0.452 e. The molecule has 2 amide bonds. The van der Waals surface area contributed by atoms with Gasteiger partial charge in [-0.2, -0.15) is 0 Å². The lowest BCUT2D eigenvalue weighted by Crippen LogP contribution is -2.58. The number of carbonyl (C=O) groups excluding carboxylic acids is 2. The number of anilines is 2. The average Bonchev–Trinajstić information content (AvgIpc) is 2.30. The van der Waals surface area contributed by atoms with Crippen LogP contribution in [0.1, 0.15) is 13.8 Å². The summed E-state index contributed by atoms with van der Waals surface area (Å²) in [4.78, 5) is 24.9. The molecule has 2 rings (SSSR count). The molecule has 0 saturated carbocycles. The van der Waals surface area contributed by atoms with Gasteiger partial charge in [0.15, 0.2) is 0 Å². The van der Waals surface area contributed by atoms with Crippen molar-refractivity contribution in [1.29, 1.82) is 0 Å². The van der Waals surface area contributed by atoms with Crippen LogP contribution in [0.4, 0.5) is 20.6 Å². The molecule has 5 nitrogen and oxygen atoms in total. The van der Waals surface area contributed by atoms with E-state index in [0.717, 1.165) is 4.90 Å². The smallest absolute Gasteiger partial charge is 0.415 e. The van der Waals surface area contributed by atoms with E-state index in [1.165, 1.54) is 25.3 Å². The van der Waals surface area contributed by atoms with Crippen molar-refractivity contribution in [2.24, 2.45) is 0 Å². The molecule has 0 unspecified atom stereocenters. The zero-order valence-electron chi connectivity index (χ0n) is 10.3. The summed E-state index contributed by atoms with van der Waals surface area (Å²) in [5.41, 5.74) is -0.481. The van der Waals surface area contributed by atoms with Crippen molar-refractivity contribution in [3.8, 4) is 0 Å². The van der Waals surface area contributed by atoms with Crippen molar-refractivity contribution < 1.29 is 18.7 Å². The maximum atomic E-state index is 13.3. The summed E-state index contributed by atoms with van der Waals surface area (Å²) in [6.07, 6.45) is -0.707. The van der Waals surface area contributed by atoms with Gasteiger partial charge in [0.25, 0.3) is 0 Å². The van der Waals surface area contributed by atoms with Crippen LogP contribution < -0.4 is 10.2 Å². The fraction of sp³-hybridized carbons (Fsp3) is 0.333. The van der Waals surface area contributed by atoms with E-state index in [9.17, 15) is 14.0 Å². The molecule has 1 aromatic rings. The Kier molecular flexibility index (Phi) is 2.73. The quantitative estimate of drug-likeness (QED) is 0.769. The van der Waals surface area contributed by atoms with Crippen molar-refractivity contribution in [2.75, 3.05) is 17.3 Å². The molecule has 0 aromatic heterocycles.